The minimum Gasteiger partial charge on any atom is -0.467 e. The van der Waals surface area contributed by atoms with E-state index < -0.39 is 11.6 Å². The smallest absolute Gasteiger partial charge is 0.318 e. The summed E-state index contributed by atoms with van der Waals surface area (Å²) >= 11 is 7.56. The van der Waals surface area contributed by atoms with Crippen molar-refractivity contribution in [2.24, 2.45) is 0 Å². The van der Waals surface area contributed by atoms with Crippen molar-refractivity contribution in [2.45, 2.75) is 6.42 Å². The highest BCUT2D eigenvalue weighted by atomic mass is 35.5. The average Bonchev–Trinajstić information content (AvgIpc) is 2.98. The highest BCUT2D eigenvalue weighted by Gasteiger charge is 2.26. The molecule has 0 amide bonds. The second kappa shape index (κ2) is 8.83. The molecule has 3 heterocycles. The summed E-state index contributed by atoms with van der Waals surface area (Å²) in [5, 5.41) is 10.5. The zero-order chi connectivity index (χ0) is 24.0. The molecule has 2 aromatic heterocycles. The van der Waals surface area contributed by atoms with Crippen LogP contribution in [0.15, 0.2) is 18.2 Å². The Balaban J connectivity index is 1.82. The summed E-state index contributed by atoms with van der Waals surface area (Å²) in [5.74, 6) is -0.789. The third-order valence-corrected chi connectivity index (χ3v) is 7.07. The highest BCUT2D eigenvalue weighted by Crippen LogP contribution is 2.45. The van der Waals surface area contributed by atoms with E-state index in [0.717, 1.165) is 17.8 Å². The molecule has 2 aromatic carbocycles. The fourth-order valence-electron chi connectivity index (χ4n) is 4.21. The molecule has 34 heavy (non-hydrogen) atoms. The van der Waals surface area contributed by atoms with Crippen LogP contribution in [0.2, 0.25) is 5.02 Å². The standard InChI is InChI=1S/C23H18ClF2N5O2S/c1-32-23-29-19-12(22(30-23)31-5-2-7-33-8-6-31)9-14(24)17(18(19)26)11-3-4-15(25)20-16(11)13(10-27)21(28)34-20/h3-4,9H,2,5-8,28H2,1H3. The van der Waals surface area contributed by atoms with Crippen LogP contribution in [0.1, 0.15) is 12.0 Å². The third-order valence-electron chi connectivity index (χ3n) is 5.75. The van der Waals surface area contributed by atoms with E-state index in [4.69, 9.17) is 26.8 Å². The van der Waals surface area contributed by atoms with E-state index in [0.29, 0.717) is 37.5 Å². The van der Waals surface area contributed by atoms with Crippen LogP contribution in [-0.4, -0.2) is 43.4 Å². The van der Waals surface area contributed by atoms with Crippen molar-refractivity contribution < 1.29 is 18.3 Å². The van der Waals surface area contributed by atoms with E-state index >= 15 is 4.39 Å². The number of fused-ring (bicyclic) bond motifs is 2. The topological polar surface area (TPSA) is 97.3 Å². The van der Waals surface area contributed by atoms with Gasteiger partial charge < -0.3 is 20.1 Å². The fourth-order valence-corrected chi connectivity index (χ4v) is 5.45. The van der Waals surface area contributed by atoms with Gasteiger partial charge in [-0.25, -0.2) is 8.78 Å². The quantitative estimate of drug-likeness (QED) is 0.415. The van der Waals surface area contributed by atoms with Gasteiger partial charge in [0.2, 0.25) is 0 Å². The molecule has 4 aromatic rings. The Morgan fingerprint density at radius 2 is 2.09 bits per heavy atom. The van der Waals surface area contributed by atoms with Gasteiger partial charge in [0.15, 0.2) is 5.82 Å². The fraction of sp³-hybridized carbons (Fsp3) is 0.261. The van der Waals surface area contributed by atoms with Crippen LogP contribution in [0.4, 0.5) is 19.6 Å². The van der Waals surface area contributed by atoms with Crippen LogP contribution in [0.3, 0.4) is 0 Å². The van der Waals surface area contributed by atoms with Crippen LogP contribution >= 0.6 is 22.9 Å². The molecule has 0 radical (unpaired) electrons. The van der Waals surface area contributed by atoms with Gasteiger partial charge in [-0.3, -0.25) is 0 Å². The number of hydrogen-bond acceptors (Lipinski definition) is 8. The first-order chi connectivity index (χ1) is 16.4. The summed E-state index contributed by atoms with van der Waals surface area (Å²) in [6.45, 7) is 2.36. The number of ether oxygens (including phenoxy) is 2. The number of nitrogens with zero attached hydrogens (tertiary/aromatic N) is 4. The number of thiophene rings is 1. The molecule has 0 aliphatic carbocycles. The van der Waals surface area contributed by atoms with E-state index in [-0.39, 0.29) is 48.3 Å². The second-order valence-corrected chi connectivity index (χ2v) is 9.14. The average molecular weight is 502 g/mol. The zero-order valence-corrected chi connectivity index (χ0v) is 19.6. The lowest BCUT2D eigenvalue weighted by atomic mass is 9.97. The van der Waals surface area contributed by atoms with Gasteiger partial charge >= 0.3 is 6.01 Å². The van der Waals surface area contributed by atoms with Crippen LogP contribution < -0.4 is 15.4 Å². The third kappa shape index (κ3) is 3.57. The molecular formula is C23H18ClF2N5O2S. The molecule has 11 heteroatoms. The number of rotatable bonds is 3. The molecule has 1 saturated heterocycles. The normalized spacial score (nSPS) is 14.4. The molecule has 0 saturated carbocycles. The Bertz CT molecular complexity index is 1480. The molecule has 7 nitrogen and oxygen atoms in total. The number of aromatic nitrogens is 2. The van der Waals surface area contributed by atoms with Crippen molar-refractivity contribution in [1.29, 1.82) is 5.26 Å². The number of nitrogens with two attached hydrogens (primary N) is 1. The molecule has 1 aliphatic rings. The minimum absolute atomic E-state index is 0.000584. The molecule has 0 unspecified atom stereocenters. The Morgan fingerprint density at radius 1 is 1.26 bits per heavy atom. The van der Waals surface area contributed by atoms with Gasteiger partial charge in [-0.2, -0.15) is 15.2 Å². The van der Waals surface area contributed by atoms with Crippen LogP contribution in [-0.2, 0) is 4.74 Å². The Hall–Kier alpha value is -3.26. The molecule has 0 bridgehead atoms. The maximum atomic E-state index is 16.2. The minimum atomic E-state index is -0.725. The molecule has 0 atom stereocenters. The Labute approximate surface area is 202 Å². The first-order valence-corrected chi connectivity index (χ1v) is 11.6. The lowest BCUT2D eigenvalue weighted by Gasteiger charge is -2.23. The molecule has 1 aliphatic heterocycles. The highest BCUT2D eigenvalue weighted by molar-refractivity contribution is 7.23. The first kappa shape index (κ1) is 22.5. The molecule has 1 fully saturated rings. The van der Waals surface area contributed by atoms with E-state index in [1.807, 2.05) is 11.0 Å². The van der Waals surface area contributed by atoms with Crippen molar-refractivity contribution >= 4 is 54.7 Å². The lowest BCUT2D eigenvalue weighted by Crippen LogP contribution is -2.27. The van der Waals surface area contributed by atoms with Gasteiger partial charge in [-0.1, -0.05) is 17.7 Å². The predicted molar refractivity (Wildman–Crippen MR) is 129 cm³/mol. The number of hydrogen-bond donors (Lipinski definition) is 1. The van der Waals surface area contributed by atoms with Gasteiger partial charge in [0.1, 0.15) is 28.2 Å². The summed E-state index contributed by atoms with van der Waals surface area (Å²) < 4.78 is 41.6. The van der Waals surface area contributed by atoms with E-state index in [9.17, 15) is 9.65 Å². The molecule has 5 rings (SSSR count). The molecule has 2 N–H and O–H groups in total. The van der Waals surface area contributed by atoms with Gasteiger partial charge in [-0.15, -0.1) is 11.3 Å². The van der Waals surface area contributed by atoms with Crippen molar-refractivity contribution in [1.82, 2.24) is 9.97 Å². The summed E-state index contributed by atoms with van der Waals surface area (Å²) in [6, 6.07) is 6.19. The zero-order valence-electron chi connectivity index (χ0n) is 18.0. The number of anilines is 2. The first-order valence-electron chi connectivity index (χ1n) is 10.4. The van der Waals surface area contributed by atoms with Crippen molar-refractivity contribution in [3.05, 3.63) is 40.4 Å². The second-order valence-electron chi connectivity index (χ2n) is 7.68. The van der Waals surface area contributed by atoms with Gasteiger partial charge in [0.05, 0.1) is 29.0 Å². The maximum absolute atomic E-state index is 16.2. The number of nitriles is 1. The lowest BCUT2D eigenvalue weighted by molar-refractivity contribution is 0.152. The maximum Gasteiger partial charge on any atom is 0.318 e. The summed E-state index contributed by atoms with van der Waals surface area (Å²) in [4.78, 5) is 10.7. The van der Waals surface area contributed by atoms with E-state index in [1.165, 1.54) is 19.2 Å². The van der Waals surface area contributed by atoms with Crippen LogP contribution in [0.5, 0.6) is 6.01 Å². The monoisotopic (exact) mass is 501 g/mol. The SMILES string of the molecule is COc1nc(N2CCCOCC2)c2cc(Cl)c(-c3ccc(F)c4sc(N)c(C#N)c34)c(F)c2n1. The van der Waals surface area contributed by atoms with Crippen LogP contribution in [0.25, 0.3) is 32.1 Å². The number of methoxy groups -OCH3 is 1. The van der Waals surface area contributed by atoms with Gasteiger partial charge in [0, 0.05) is 36.0 Å². The van der Waals surface area contributed by atoms with Crippen molar-refractivity contribution in [3.8, 4) is 23.2 Å². The molecule has 174 valence electrons. The Morgan fingerprint density at radius 3 is 2.85 bits per heavy atom. The molecular weight excluding hydrogens is 484 g/mol. The number of halogens is 3. The van der Waals surface area contributed by atoms with Gasteiger partial charge in [-0.05, 0) is 24.1 Å². The predicted octanol–water partition coefficient (Wildman–Crippen LogP) is 5.13. The van der Waals surface area contributed by atoms with Gasteiger partial charge in [0.25, 0.3) is 0 Å². The van der Waals surface area contributed by atoms with Crippen molar-refractivity contribution in [2.75, 3.05) is 44.0 Å². The summed E-state index contributed by atoms with van der Waals surface area (Å²) in [6.07, 6.45) is 0.784. The van der Waals surface area contributed by atoms with Crippen molar-refractivity contribution in [3.63, 3.8) is 0 Å². The summed E-state index contributed by atoms with van der Waals surface area (Å²) in [5.41, 5.74) is 6.29. The summed E-state index contributed by atoms with van der Waals surface area (Å²) in [7, 11) is 1.40. The van der Waals surface area contributed by atoms with E-state index in [2.05, 4.69) is 9.97 Å². The molecule has 0 spiro atoms. The largest absolute Gasteiger partial charge is 0.467 e. The number of nitrogen functional groups attached to an aromatic ring is 1. The van der Waals surface area contributed by atoms with Crippen LogP contribution in [0, 0.1) is 23.0 Å². The Kier molecular flexibility index (Phi) is 5.85. The number of benzene rings is 2. The van der Waals surface area contributed by atoms with E-state index in [1.54, 1.807) is 6.07 Å².